The van der Waals surface area contributed by atoms with E-state index in [9.17, 15) is 4.79 Å². The second kappa shape index (κ2) is 7.11. The molecule has 1 N–H and O–H groups in total. The zero-order valence-corrected chi connectivity index (χ0v) is 11.8. The lowest BCUT2D eigenvalue weighted by Crippen LogP contribution is -2.15. The highest BCUT2D eigenvalue weighted by atomic mass is 16.5. The Labute approximate surface area is 124 Å². The molecule has 0 saturated carbocycles. The highest BCUT2D eigenvalue weighted by Crippen LogP contribution is 2.24. The Balaban J connectivity index is 2.22. The maximum absolute atomic E-state index is 12.4. The molecule has 0 fully saturated rings. The number of para-hydroxylation sites is 2. The quantitative estimate of drug-likeness (QED) is 0.913. The van der Waals surface area contributed by atoms with Gasteiger partial charge in [-0.25, -0.2) is 0 Å². The van der Waals surface area contributed by atoms with Gasteiger partial charge >= 0.3 is 0 Å². The van der Waals surface area contributed by atoms with E-state index in [1.54, 1.807) is 30.3 Å². The summed E-state index contributed by atoms with van der Waals surface area (Å²) in [4.78, 5) is 12.4. The molecular formula is C17H16N2O2. The molecule has 0 radical (unpaired) electrons. The molecular weight excluding hydrogens is 264 g/mol. The summed E-state index contributed by atoms with van der Waals surface area (Å²) < 4.78 is 5.30. The molecule has 2 rings (SSSR count). The third kappa shape index (κ3) is 3.61. The van der Waals surface area contributed by atoms with Crippen molar-refractivity contribution in [3.63, 3.8) is 0 Å². The first-order valence-electron chi connectivity index (χ1n) is 6.74. The van der Waals surface area contributed by atoms with Crippen molar-refractivity contribution in [1.29, 1.82) is 5.26 Å². The number of nitrogens with one attached hydrogen (secondary N) is 1. The minimum absolute atomic E-state index is 0.0571. The number of carbonyl (C=O) groups excluding carboxylic acids is 1. The van der Waals surface area contributed by atoms with Crippen molar-refractivity contribution in [2.24, 2.45) is 0 Å². The Hall–Kier alpha value is -2.80. The van der Waals surface area contributed by atoms with Crippen LogP contribution in [0.2, 0.25) is 0 Å². The van der Waals surface area contributed by atoms with Crippen LogP contribution >= 0.6 is 0 Å². The molecule has 0 unspecified atom stereocenters. The van der Waals surface area contributed by atoms with Crippen LogP contribution in [-0.2, 0) is 6.42 Å². The number of carbonyl (C=O) groups is 1. The van der Waals surface area contributed by atoms with Gasteiger partial charge in [-0.1, -0.05) is 37.3 Å². The van der Waals surface area contributed by atoms with E-state index in [0.717, 1.165) is 12.0 Å². The lowest BCUT2D eigenvalue weighted by atomic mass is 10.0. The van der Waals surface area contributed by atoms with Crippen LogP contribution in [0.3, 0.4) is 0 Å². The summed E-state index contributed by atoms with van der Waals surface area (Å²) in [6.07, 6.45) is 0.788. The Morgan fingerprint density at radius 2 is 1.90 bits per heavy atom. The van der Waals surface area contributed by atoms with E-state index in [1.807, 2.05) is 31.2 Å². The number of amides is 1. The molecule has 0 bridgehead atoms. The fraction of sp³-hybridized carbons (Fsp3) is 0.176. The monoisotopic (exact) mass is 280 g/mol. The predicted octanol–water partition coefficient (Wildman–Crippen LogP) is 3.40. The number of anilines is 1. The van der Waals surface area contributed by atoms with Crippen molar-refractivity contribution in [2.75, 3.05) is 11.9 Å². The number of ether oxygens (including phenoxy) is 1. The van der Waals surface area contributed by atoms with E-state index in [2.05, 4.69) is 5.32 Å². The summed E-state index contributed by atoms with van der Waals surface area (Å²) in [5, 5.41) is 11.4. The zero-order chi connectivity index (χ0) is 15.1. The third-order valence-electron chi connectivity index (χ3n) is 3.07. The highest BCUT2D eigenvalue weighted by Gasteiger charge is 2.12. The average molecular weight is 280 g/mol. The van der Waals surface area contributed by atoms with Crippen molar-refractivity contribution >= 4 is 11.6 Å². The van der Waals surface area contributed by atoms with Crippen LogP contribution in [0.5, 0.6) is 5.75 Å². The number of hydrogen-bond acceptors (Lipinski definition) is 3. The molecule has 0 spiro atoms. The number of rotatable bonds is 5. The van der Waals surface area contributed by atoms with Crippen LogP contribution < -0.4 is 10.1 Å². The Morgan fingerprint density at radius 1 is 1.19 bits per heavy atom. The molecule has 0 heterocycles. The van der Waals surface area contributed by atoms with Gasteiger partial charge in [-0.2, -0.15) is 5.26 Å². The largest absolute Gasteiger partial charge is 0.477 e. The van der Waals surface area contributed by atoms with Crippen molar-refractivity contribution < 1.29 is 9.53 Å². The van der Waals surface area contributed by atoms with Gasteiger partial charge in [-0.3, -0.25) is 4.79 Å². The maximum Gasteiger partial charge on any atom is 0.256 e. The smallest absolute Gasteiger partial charge is 0.256 e. The van der Waals surface area contributed by atoms with Gasteiger partial charge in [0.2, 0.25) is 0 Å². The fourth-order valence-electron chi connectivity index (χ4n) is 2.05. The minimum Gasteiger partial charge on any atom is -0.477 e. The molecule has 1 amide bonds. The third-order valence-corrected chi connectivity index (χ3v) is 3.07. The van der Waals surface area contributed by atoms with E-state index in [4.69, 9.17) is 10.00 Å². The van der Waals surface area contributed by atoms with E-state index >= 15 is 0 Å². The van der Waals surface area contributed by atoms with Crippen LogP contribution in [0.25, 0.3) is 0 Å². The molecule has 0 aliphatic rings. The standard InChI is InChI=1S/C17H16N2O2/c1-2-13-7-3-4-8-14(13)17(20)19-15-9-5-6-10-16(15)21-12-11-18/h3-10H,2,12H2,1H3,(H,19,20). The summed E-state index contributed by atoms with van der Waals surface area (Å²) in [6.45, 7) is 1.95. The number of nitriles is 1. The van der Waals surface area contributed by atoms with Gasteiger partial charge in [-0.15, -0.1) is 0 Å². The molecule has 106 valence electrons. The molecule has 21 heavy (non-hydrogen) atoms. The van der Waals surface area contributed by atoms with Crippen molar-refractivity contribution in [3.05, 3.63) is 59.7 Å². The van der Waals surface area contributed by atoms with Gasteiger partial charge in [0.05, 0.1) is 5.69 Å². The summed E-state index contributed by atoms with van der Waals surface area (Å²) in [6, 6.07) is 16.5. The Morgan fingerprint density at radius 3 is 2.67 bits per heavy atom. The van der Waals surface area contributed by atoms with E-state index in [1.165, 1.54) is 0 Å². The van der Waals surface area contributed by atoms with Gasteiger partial charge in [0.25, 0.3) is 5.91 Å². The second-order valence-corrected chi connectivity index (χ2v) is 4.41. The van der Waals surface area contributed by atoms with Crippen molar-refractivity contribution in [3.8, 4) is 11.8 Å². The summed E-state index contributed by atoms with van der Waals surface area (Å²) >= 11 is 0. The Kier molecular flexibility index (Phi) is 4.94. The number of benzene rings is 2. The van der Waals surface area contributed by atoms with E-state index < -0.39 is 0 Å². The van der Waals surface area contributed by atoms with Gasteiger partial charge in [0.1, 0.15) is 11.8 Å². The van der Waals surface area contributed by atoms with Crippen LogP contribution in [0.15, 0.2) is 48.5 Å². The summed E-state index contributed by atoms with van der Waals surface area (Å²) in [5.74, 6) is 0.307. The topological polar surface area (TPSA) is 62.1 Å². The molecule has 4 heteroatoms. The SMILES string of the molecule is CCc1ccccc1C(=O)Nc1ccccc1OCC#N. The van der Waals surface area contributed by atoms with Crippen molar-refractivity contribution in [1.82, 2.24) is 0 Å². The molecule has 0 aliphatic heterocycles. The maximum atomic E-state index is 12.4. The lowest BCUT2D eigenvalue weighted by molar-refractivity contribution is 0.102. The zero-order valence-electron chi connectivity index (χ0n) is 11.8. The molecule has 2 aromatic rings. The van der Waals surface area contributed by atoms with Crippen LogP contribution in [0.4, 0.5) is 5.69 Å². The van der Waals surface area contributed by atoms with E-state index in [-0.39, 0.29) is 12.5 Å². The predicted molar refractivity (Wildman–Crippen MR) is 81.3 cm³/mol. The van der Waals surface area contributed by atoms with E-state index in [0.29, 0.717) is 17.0 Å². The van der Waals surface area contributed by atoms with Crippen LogP contribution in [0, 0.1) is 11.3 Å². The summed E-state index contributed by atoms with van der Waals surface area (Å²) in [5.41, 5.74) is 2.20. The van der Waals surface area contributed by atoms with Crippen LogP contribution in [-0.4, -0.2) is 12.5 Å². The summed E-state index contributed by atoms with van der Waals surface area (Å²) in [7, 11) is 0. The lowest BCUT2D eigenvalue weighted by Gasteiger charge is -2.12. The van der Waals surface area contributed by atoms with Gasteiger partial charge in [-0.05, 0) is 30.2 Å². The molecule has 0 aromatic heterocycles. The first-order chi connectivity index (χ1) is 10.3. The molecule has 0 saturated heterocycles. The van der Waals surface area contributed by atoms with Crippen molar-refractivity contribution in [2.45, 2.75) is 13.3 Å². The number of aryl methyl sites for hydroxylation is 1. The number of hydrogen-bond donors (Lipinski definition) is 1. The first kappa shape index (κ1) is 14.6. The van der Waals surface area contributed by atoms with Gasteiger partial charge < -0.3 is 10.1 Å². The van der Waals surface area contributed by atoms with Gasteiger partial charge in [0, 0.05) is 5.56 Å². The highest BCUT2D eigenvalue weighted by molar-refractivity contribution is 6.06. The fourth-order valence-corrected chi connectivity index (χ4v) is 2.05. The average Bonchev–Trinajstić information content (AvgIpc) is 2.54. The normalized spacial score (nSPS) is 9.71. The van der Waals surface area contributed by atoms with Crippen LogP contribution in [0.1, 0.15) is 22.8 Å². The Bertz CT molecular complexity index is 674. The molecule has 2 aromatic carbocycles. The van der Waals surface area contributed by atoms with Gasteiger partial charge in [0.15, 0.2) is 6.61 Å². The molecule has 0 aliphatic carbocycles. The number of nitrogens with zero attached hydrogens (tertiary/aromatic N) is 1. The second-order valence-electron chi connectivity index (χ2n) is 4.41. The minimum atomic E-state index is -0.180. The first-order valence-corrected chi connectivity index (χ1v) is 6.74. The molecule has 0 atom stereocenters. The molecule has 4 nitrogen and oxygen atoms in total.